The van der Waals surface area contributed by atoms with Crippen molar-refractivity contribution in [2.75, 3.05) is 0 Å². The van der Waals surface area contributed by atoms with Crippen molar-refractivity contribution in [3.8, 4) is 0 Å². The Balaban J connectivity index is 0.000000200. The fourth-order valence-electron chi connectivity index (χ4n) is 4.22. The molecule has 230 valence electrons. The topological polar surface area (TPSA) is 52.9 Å². The first-order chi connectivity index (χ1) is 21.0. The molecule has 0 spiro atoms. The summed E-state index contributed by atoms with van der Waals surface area (Å²) in [5.74, 6) is -20.1. The molecule has 0 N–H and O–H groups in total. The summed E-state index contributed by atoms with van der Waals surface area (Å²) in [6.45, 7) is 0. The quantitative estimate of drug-likeness (QED) is 0.0977. The molecule has 0 fully saturated rings. The van der Waals surface area contributed by atoms with E-state index in [-0.39, 0.29) is 51.0 Å². The van der Waals surface area contributed by atoms with E-state index in [0.717, 1.165) is 0 Å². The number of halogens is 10. The van der Waals surface area contributed by atoms with Gasteiger partial charge in [0.1, 0.15) is 0 Å². The van der Waals surface area contributed by atoms with E-state index >= 15 is 0 Å². The number of hydrogen-bond acceptors (Lipinski definition) is 2. The average Bonchev–Trinajstić information content (AvgIpc) is 3.86. The maximum absolute atomic E-state index is 14.0. The summed E-state index contributed by atoms with van der Waals surface area (Å²) in [7, 11) is 0. The van der Waals surface area contributed by atoms with Gasteiger partial charge in [-0.15, -0.1) is 11.4 Å². The molecule has 0 unspecified atom stereocenters. The molecule has 4 heterocycles. The van der Waals surface area contributed by atoms with Gasteiger partial charge < -0.3 is 9.97 Å². The number of allylic oxidation sites excluding steroid dienone is 4. The van der Waals surface area contributed by atoms with Crippen LogP contribution in [0.15, 0.2) is 82.3 Å². The summed E-state index contributed by atoms with van der Waals surface area (Å²) < 4.78 is 136. The van der Waals surface area contributed by atoms with Crippen molar-refractivity contribution in [1.29, 1.82) is 0 Å². The van der Waals surface area contributed by atoms with Crippen molar-refractivity contribution in [3.63, 3.8) is 0 Å². The van der Waals surface area contributed by atoms with Crippen LogP contribution in [0.4, 0.5) is 43.9 Å². The van der Waals surface area contributed by atoms with Crippen molar-refractivity contribution < 1.29 is 61.0 Å². The Hall–Kier alpha value is -4.88. The van der Waals surface area contributed by atoms with Crippen LogP contribution < -0.4 is 9.97 Å². The Labute approximate surface area is 257 Å². The largest absolute Gasteiger partial charge is 2.00 e. The molecule has 0 saturated heterocycles. The molecule has 6 rings (SSSR count). The van der Waals surface area contributed by atoms with E-state index < -0.39 is 69.3 Å². The molecule has 2 aromatic carbocycles. The first-order valence-electron chi connectivity index (χ1n) is 12.1. The fraction of sp³-hybridized carbons (Fsp3) is 0. The van der Waals surface area contributed by atoms with Crippen molar-refractivity contribution in [3.05, 3.63) is 153 Å². The van der Waals surface area contributed by atoms with Gasteiger partial charge in [-0.05, 0) is 35.5 Å². The van der Waals surface area contributed by atoms with E-state index in [1.165, 1.54) is 73.4 Å². The van der Waals surface area contributed by atoms with Crippen molar-refractivity contribution in [2.45, 2.75) is 0 Å². The second-order valence-electron chi connectivity index (χ2n) is 8.73. The molecular formula is C30H12F10FeN4. The molecule has 0 atom stereocenters. The monoisotopic (exact) mass is 674 g/mol. The van der Waals surface area contributed by atoms with Crippen LogP contribution >= 0.6 is 0 Å². The molecular weight excluding hydrogens is 662 g/mol. The zero-order chi connectivity index (χ0) is 31.7. The van der Waals surface area contributed by atoms with Crippen LogP contribution in [0, 0.1) is 58.2 Å². The molecule has 4 nitrogen and oxygen atoms in total. The second kappa shape index (κ2) is 13.4. The van der Waals surface area contributed by atoms with E-state index in [4.69, 9.17) is 0 Å². The van der Waals surface area contributed by atoms with E-state index in [1.54, 1.807) is 0 Å². The van der Waals surface area contributed by atoms with Crippen LogP contribution in [0.5, 0.6) is 0 Å². The standard InChI is InChI=1S/2C15H6F5N2.Fe/c2*16-11-10(12(17)14(19)15(20)13(11)18)9(7-3-1-5-21-7)8-4-2-6-22-8;/h2*1-6H;/q2*-1;+2/b2*9-7+;. The Morgan fingerprint density at radius 1 is 0.467 bits per heavy atom. The average molecular weight is 674 g/mol. The number of rotatable bonds is 4. The van der Waals surface area contributed by atoms with Crippen molar-refractivity contribution in [2.24, 2.45) is 9.98 Å². The predicted molar refractivity (Wildman–Crippen MR) is 139 cm³/mol. The second-order valence-corrected chi connectivity index (χ2v) is 8.73. The molecule has 0 radical (unpaired) electrons. The van der Waals surface area contributed by atoms with Crippen molar-refractivity contribution in [1.82, 2.24) is 9.97 Å². The molecule has 2 aliphatic heterocycles. The number of nitrogens with zero attached hydrogens (tertiary/aromatic N) is 4. The van der Waals surface area contributed by atoms with E-state index in [0.29, 0.717) is 0 Å². The molecule has 0 saturated carbocycles. The van der Waals surface area contributed by atoms with Gasteiger partial charge in [0.2, 0.25) is 11.6 Å². The van der Waals surface area contributed by atoms with Gasteiger partial charge in [0, 0.05) is 12.4 Å². The SMILES string of the molecule is Fc1c(F)c(F)c(/C(=C2\C=CC=N2)c2ccc[n-]2)c(F)c1F.Fc1c(F)c(F)c(/C(=C2\C=CC=N2)c2ccc[n-]2)c(F)c1F.[Fe+2]. The first kappa shape index (κ1) is 33.0. The van der Waals surface area contributed by atoms with Crippen LogP contribution in [0.2, 0.25) is 0 Å². The van der Waals surface area contributed by atoms with Crippen molar-refractivity contribution >= 4 is 23.6 Å². The molecule has 0 aliphatic carbocycles. The summed E-state index contributed by atoms with van der Waals surface area (Å²) in [4.78, 5) is 15.5. The van der Waals surface area contributed by atoms with Gasteiger partial charge in [-0.2, -0.15) is 12.4 Å². The van der Waals surface area contributed by atoms with Gasteiger partial charge in [-0.1, -0.05) is 24.3 Å². The smallest absolute Gasteiger partial charge is 0.664 e. The van der Waals surface area contributed by atoms with Gasteiger partial charge in [0.15, 0.2) is 46.5 Å². The van der Waals surface area contributed by atoms with Gasteiger partial charge >= 0.3 is 17.1 Å². The number of benzene rings is 2. The maximum atomic E-state index is 14.0. The molecule has 2 aromatic heterocycles. The normalized spacial score (nSPS) is 15.3. The number of aliphatic imine (C=N–C) groups is 2. The minimum atomic E-state index is -2.20. The third-order valence-corrected chi connectivity index (χ3v) is 6.16. The summed E-state index contributed by atoms with van der Waals surface area (Å²) in [6, 6.07) is 5.73. The third kappa shape index (κ3) is 5.96. The fourth-order valence-corrected chi connectivity index (χ4v) is 4.22. The number of aromatic nitrogens is 2. The molecule has 2 aliphatic rings. The number of hydrogen-bond donors (Lipinski definition) is 0. The molecule has 0 bridgehead atoms. The van der Waals surface area contributed by atoms with Gasteiger partial charge in [0.25, 0.3) is 0 Å². The molecule has 15 heteroatoms. The first-order valence-corrected chi connectivity index (χ1v) is 12.1. The molecule has 4 aromatic rings. The predicted octanol–water partition coefficient (Wildman–Crippen LogP) is 7.48. The third-order valence-electron chi connectivity index (χ3n) is 6.16. The van der Waals surface area contributed by atoms with E-state index in [9.17, 15) is 43.9 Å². The Morgan fingerprint density at radius 3 is 1.02 bits per heavy atom. The van der Waals surface area contributed by atoms with E-state index in [1.807, 2.05) is 0 Å². The molecule has 0 amide bonds. The zero-order valence-electron chi connectivity index (χ0n) is 21.9. The summed E-state index contributed by atoms with van der Waals surface area (Å²) >= 11 is 0. The Bertz CT molecular complexity index is 1730. The van der Waals surface area contributed by atoms with Crippen LogP contribution in [-0.2, 0) is 17.1 Å². The van der Waals surface area contributed by atoms with Crippen LogP contribution in [0.25, 0.3) is 11.1 Å². The van der Waals surface area contributed by atoms with Crippen LogP contribution in [0.1, 0.15) is 22.5 Å². The minimum absolute atomic E-state index is 0. The van der Waals surface area contributed by atoms with Gasteiger partial charge in [0.05, 0.1) is 22.5 Å². The zero-order valence-corrected chi connectivity index (χ0v) is 23.0. The molecule has 45 heavy (non-hydrogen) atoms. The summed E-state index contributed by atoms with van der Waals surface area (Å²) in [5.41, 5.74) is -2.39. The van der Waals surface area contributed by atoms with Gasteiger partial charge in [-0.3, -0.25) is 9.98 Å². The van der Waals surface area contributed by atoms with Gasteiger partial charge in [-0.25, -0.2) is 43.9 Å². The summed E-state index contributed by atoms with van der Waals surface area (Å²) in [5, 5.41) is 0. The van der Waals surface area contributed by atoms with E-state index in [2.05, 4.69) is 20.0 Å². The Morgan fingerprint density at radius 2 is 0.778 bits per heavy atom. The van der Waals surface area contributed by atoms with Crippen LogP contribution in [-0.4, -0.2) is 12.4 Å². The van der Waals surface area contributed by atoms with Crippen LogP contribution in [0.3, 0.4) is 0 Å². The Kier molecular flexibility index (Phi) is 9.84. The minimum Gasteiger partial charge on any atom is -0.664 e. The summed E-state index contributed by atoms with van der Waals surface area (Å²) in [6.07, 6.45) is 11.1. The maximum Gasteiger partial charge on any atom is 2.00 e.